The number of amides is 1. The average molecular weight is 1400 g/mol. The zero-order valence-corrected chi connectivity index (χ0v) is 65.2. The number of unbranched alkanes of at least 4 members (excludes halogenated alkanes) is 58. The Morgan fingerprint density at radius 3 is 1.03 bits per heavy atom. The van der Waals surface area contributed by atoms with Gasteiger partial charge in [-0.3, -0.25) is 9.59 Å². The summed E-state index contributed by atoms with van der Waals surface area (Å²) in [5.74, 6) is -0.163. The van der Waals surface area contributed by atoms with Gasteiger partial charge in [0.15, 0.2) is 6.29 Å². The second-order valence-corrected chi connectivity index (χ2v) is 30.2. The Morgan fingerprint density at radius 1 is 0.374 bits per heavy atom. The van der Waals surface area contributed by atoms with E-state index >= 15 is 0 Å². The van der Waals surface area contributed by atoms with E-state index in [2.05, 4.69) is 55.6 Å². The van der Waals surface area contributed by atoms with E-state index in [4.69, 9.17) is 14.2 Å². The van der Waals surface area contributed by atoms with Crippen LogP contribution in [0.2, 0.25) is 0 Å². The van der Waals surface area contributed by atoms with Gasteiger partial charge < -0.3 is 45.1 Å². The van der Waals surface area contributed by atoms with E-state index in [9.17, 15) is 35.1 Å². The van der Waals surface area contributed by atoms with Crippen molar-refractivity contribution in [2.24, 2.45) is 0 Å². The summed E-state index contributed by atoms with van der Waals surface area (Å²) in [7, 11) is 0. The number of hydrogen-bond donors (Lipinski definition) is 6. The summed E-state index contributed by atoms with van der Waals surface area (Å²) in [6, 6.07) is -0.808. The van der Waals surface area contributed by atoms with E-state index in [1.165, 1.54) is 347 Å². The van der Waals surface area contributed by atoms with Crippen LogP contribution in [0.5, 0.6) is 0 Å². The molecule has 1 saturated heterocycles. The van der Waals surface area contributed by atoms with Crippen molar-refractivity contribution in [3.63, 3.8) is 0 Å². The molecule has 1 heterocycles. The number of aliphatic hydroxyl groups excluding tert-OH is 5. The SMILES string of the molecule is CCCCCCCCC/C=C\CCCCCCCCCC(=O)OCCCCCCCCCCCCCCCCC/C=C\C/C=C\CCCCCCCCCCCCCCCCCCCC(=O)NC(COC1OC(CO)C(O)C(O)C1O)C(O)/C=C/CCCCCCCCCCCCCC. The lowest BCUT2D eigenvalue weighted by molar-refractivity contribution is -0.302. The molecule has 1 rings (SSSR count). The first-order chi connectivity index (χ1) is 48.7. The number of carbonyl (C=O) groups is 2. The normalized spacial score (nSPS) is 17.3. The number of nitrogens with one attached hydrogen (secondary N) is 1. The van der Waals surface area contributed by atoms with Crippen molar-refractivity contribution in [3.8, 4) is 0 Å². The molecule has 0 bridgehead atoms. The van der Waals surface area contributed by atoms with Gasteiger partial charge >= 0.3 is 5.97 Å². The molecule has 0 aromatic rings. The summed E-state index contributed by atoms with van der Waals surface area (Å²) in [5, 5.41) is 54.6. The first-order valence-corrected chi connectivity index (χ1v) is 43.4. The number of carbonyl (C=O) groups excluding carboxylic acids is 2. The largest absolute Gasteiger partial charge is 0.466 e. The Hall–Kier alpha value is -2.38. The molecule has 0 saturated carbocycles. The van der Waals surface area contributed by atoms with Crippen LogP contribution in [0.1, 0.15) is 438 Å². The van der Waals surface area contributed by atoms with Crippen molar-refractivity contribution in [3.05, 3.63) is 48.6 Å². The van der Waals surface area contributed by atoms with E-state index in [1.807, 2.05) is 6.08 Å². The second-order valence-electron chi connectivity index (χ2n) is 30.2. The lowest BCUT2D eigenvalue weighted by Gasteiger charge is -2.40. The van der Waals surface area contributed by atoms with Gasteiger partial charge in [-0.05, 0) is 89.9 Å². The minimum Gasteiger partial charge on any atom is -0.466 e. The standard InChI is InChI=1S/C88H165NO10/c1-3-5-7-9-11-13-15-17-19-20-45-48-52-56-60-64-68-72-76-84(93)97-77-73-69-65-61-57-53-49-46-43-41-39-37-35-33-31-29-27-25-23-21-22-24-26-28-30-32-34-36-38-40-42-44-47-51-55-59-63-67-71-75-83(92)89-80(79-98-88-87(96)86(95)85(94)82(78-90)99-88)81(91)74-70-66-62-58-54-50-18-16-14-12-10-8-6-4-2/h19-22,25,27,70,74,80-82,85-88,90-91,94-96H,3-18,23-24,26,28-69,71-73,75-79H2,1-2H3,(H,89,92)/b20-19-,22-21-,27-25-,74-70+. The fourth-order valence-electron chi connectivity index (χ4n) is 13.9. The maximum atomic E-state index is 13.1. The van der Waals surface area contributed by atoms with Gasteiger partial charge in [0, 0.05) is 12.8 Å². The van der Waals surface area contributed by atoms with Crippen LogP contribution >= 0.6 is 0 Å². The van der Waals surface area contributed by atoms with Gasteiger partial charge in [-0.2, -0.15) is 0 Å². The van der Waals surface area contributed by atoms with Crippen LogP contribution in [0, 0.1) is 0 Å². The number of allylic oxidation sites excluding steroid dienone is 7. The summed E-state index contributed by atoms with van der Waals surface area (Å²) in [4.78, 5) is 25.2. The quantitative estimate of drug-likeness (QED) is 0.0195. The molecular weight excluding hydrogens is 1230 g/mol. The minimum absolute atomic E-state index is 0.0124. The molecule has 0 aromatic carbocycles. The molecule has 582 valence electrons. The zero-order chi connectivity index (χ0) is 71.5. The number of aliphatic hydroxyl groups is 5. The Morgan fingerprint density at radius 2 is 0.677 bits per heavy atom. The van der Waals surface area contributed by atoms with Crippen molar-refractivity contribution in [2.45, 2.75) is 480 Å². The van der Waals surface area contributed by atoms with E-state index in [0.29, 0.717) is 19.4 Å². The number of hydrogen-bond acceptors (Lipinski definition) is 10. The molecule has 1 fully saturated rings. The predicted octanol–water partition coefficient (Wildman–Crippen LogP) is 24.2. The molecule has 6 N–H and O–H groups in total. The maximum absolute atomic E-state index is 13.1. The predicted molar refractivity (Wildman–Crippen MR) is 421 cm³/mol. The molecule has 0 aromatic heterocycles. The first-order valence-electron chi connectivity index (χ1n) is 43.4. The Kier molecular flexibility index (Phi) is 73.4. The van der Waals surface area contributed by atoms with Crippen molar-refractivity contribution >= 4 is 11.9 Å². The molecule has 7 atom stereocenters. The van der Waals surface area contributed by atoms with Gasteiger partial charge in [-0.15, -0.1) is 0 Å². The van der Waals surface area contributed by atoms with Crippen LogP contribution in [0.25, 0.3) is 0 Å². The highest BCUT2D eigenvalue weighted by molar-refractivity contribution is 5.76. The summed E-state index contributed by atoms with van der Waals surface area (Å²) in [5.41, 5.74) is 0. The molecule has 1 aliphatic rings. The average Bonchev–Trinajstić information content (AvgIpc) is 0.826. The summed E-state index contributed by atoms with van der Waals surface area (Å²) < 4.78 is 16.8. The molecule has 7 unspecified atom stereocenters. The highest BCUT2D eigenvalue weighted by Crippen LogP contribution is 2.24. The molecule has 0 spiro atoms. The Labute approximate surface area is 612 Å². The Bertz CT molecular complexity index is 1790. The fraction of sp³-hybridized carbons (Fsp3) is 0.886. The third kappa shape index (κ3) is 64.9. The molecule has 11 nitrogen and oxygen atoms in total. The lowest BCUT2D eigenvalue weighted by atomic mass is 9.99. The maximum Gasteiger partial charge on any atom is 0.305 e. The smallest absolute Gasteiger partial charge is 0.305 e. The van der Waals surface area contributed by atoms with Gasteiger partial charge in [0.1, 0.15) is 24.4 Å². The lowest BCUT2D eigenvalue weighted by Crippen LogP contribution is -2.60. The van der Waals surface area contributed by atoms with Crippen LogP contribution in [-0.2, 0) is 23.8 Å². The van der Waals surface area contributed by atoms with Crippen LogP contribution < -0.4 is 5.32 Å². The van der Waals surface area contributed by atoms with Crippen LogP contribution in [0.15, 0.2) is 48.6 Å². The highest BCUT2D eigenvalue weighted by atomic mass is 16.7. The van der Waals surface area contributed by atoms with E-state index in [1.54, 1.807) is 6.08 Å². The summed E-state index contributed by atoms with van der Waals surface area (Å²) in [6.45, 7) is 4.40. The second kappa shape index (κ2) is 76.7. The third-order valence-corrected chi connectivity index (χ3v) is 20.7. The van der Waals surface area contributed by atoms with E-state index < -0.39 is 49.5 Å². The van der Waals surface area contributed by atoms with Crippen LogP contribution in [0.3, 0.4) is 0 Å². The number of rotatable bonds is 78. The zero-order valence-electron chi connectivity index (χ0n) is 65.2. The molecule has 0 aliphatic carbocycles. The van der Waals surface area contributed by atoms with Crippen LogP contribution in [0.4, 0.5) is 0 Å². The highest BCUT2D eigenvalue weighted by Gasteiger charge is 2.44. The Balaban J connectivity index is 1.89. The molecule has 11 heteroatoms. The fourth-order valence-corrected chi connectivity index (χ4v) is 13.9. The molecule has 0 radical (unpaired) electrons. The van der Waals surface area contributed by atoms with Gasteiger partial charge in [-0.25, -0.2) is 0 Å². The molecular formula is C88H165NO10. The van der Waals surface area contributed by atoms with Crippen molar-refractivity contribution in [2.75, 3.05) is 19.8 Å². The third-order valence-electron chi connectivity index (χ3n) is 20.7. The first kappa shape index (κ1) is 94.6. The van der Waals surface area contributed by atoms with Gasteiger partial charge in [-0.1, -0.05) is 383 Å². The van der Waals surface area contributed by atoms with Gasteiger partial charge in [0.05, 0.1) is 32.0 Å². The summed E-state index contributed by atoms with van der Waals surface area (Å²) in [6.07, 6.45) is 93.0. The van der Waals surface area contributed by atoms with E-state index in [-0.39, 0.29) is 18.5 Å². The molecule has 1 aliphatic heterocycles. The minimum atomic E-state index is -1.57. The van der Waals surface area contributed by atoms with Gasteiger partial charge in [0.25, 0.3) is 0 Å². The molecule has 1 amide bonds. The summed E-state index contributed by atoms with van der Waals surface area (Å²) >= 11 is 0. The van der Waals surface area contributed by atoms with Crippen molar-refractivity contribution in [1.29, 1.82) is 0 Å². The topological polar surface area (TPSA) is 175 Å². The molecule has 99 heavy (non-hydrogen) atoms. The van der Waals surface area contributed by atoms with E-state index in [0.717, 1.165) is 64.2 Å². The van der Waals surface area contributed by atoms with Crippen molar-refractivity contribution < 1.29 is 49.3 Å². The number of ether oxygens (including phenoxy) is 3. The van der Waals surface area contributed by atoms with Crippen LogP contribution in [-0.4, -0.2) is 100 Å². The number of esters is 1. The van der Waals surface area contributed by atoms with Gasteiger partial charge in [0.2, 0.25) is 5.91 Å². The monoisotopic (exact) mass is 1400 g/mol. The van der Waals surface area contributed by atoms with Crippen molar-refractivity contribution in [1.82, 2.24) is 5.32 Å².